The monoisotopic (exact) mass is 462 g/mol. The molecule has 0 bridgehead atoms. The number of aliphatic hydroxyl groups is 1. The average molecular weight is 463 g/mol. The van der Waals surface area contributed by atoms with Crippen LogP contribution in [0.4, 0.5) is 0 Å². The third-order valence-corrected chi connectivity index (χ3v) is 6.75. The Balaban J connectivity index is 1.66. The standard InChI is InChI=1S/C28H46O5/c1-22(2)14-8-5-3-4-6-9-15-23-19-20-25(29)24(23)16-10-7-11-17-26(28(30)31)33-27-18-12-13-21-32-27/h7,9-10,14-15,23-27,29H,3-6,8,11-13,16-21H2,1-2H3,(H,30,31)/t23-,24+,25-,26?,27?/m0/s1. The molecule has 2 unspecified atom stereocenters. The summed E-state index contributed by atoms with van der Waals surface area (Å²) in [6, 6.07) is 0. The van der Waals surface area contributed by atoms with E-state index >= 15 is 0 Å². The molecule has 2 aliphatic rings. The first-order chi connectivity index (χ1) is 16.0. The van der Waals surface area contributed by atoms with Gasteiger partial charge in [-0.1, -0.05) is 42.4 Å². The second kappa shape index (κ2) is 16.2. The lowest BCUT2D eigenvalue weighted by atomic mass is 9.90. The quantitative estimate of drug-likeness (QED) is 0.213. The summed E-state index contributed by atoms with van der Waals surface area (Å²) in [5.41, 5.74) is 1.40. The Bertz CT molecular complexity index is 628. The number of hydrogen-bond acceptors (Lipinski definition) is 4. The largest absolute Gasteiger partial charge is 0.479 e. The SMILES string of the molecule is CC(C)=CCCCCCC=C[C@H]1CC[C@H](O)[C@@H]1CC=CCCC(OC1CCCCO1)C(=O)O. The summed E-state index contributed by atoms with van der Waals surface area (Å²) in [7, 11) is 0. The van der Waals surface area contributed by atoms with E-state index in [1.807, 2.05) is 6.08 Å². The molecule has 0 aromatic carbocycles. The van der Waals surface area contributed by atoms with Crippen LogP contribution in [0.5, 0.6) is 0 Å². The molecule has 5 heteroatoms. The van der Waals surface area contributed by atoms with E-state index in [1.165, 1.54) is 31.3 Å². The fourth-order valence-corrected chi connectivity index (χ4v) is 4.76. The van der Waals surface area contributed by atoms with Gasteiger partial charge in [0.05, 0.1) is 6.10 Å². The first-order valence-corrected chi connectivity index (χ1v) is 13.1. The summed E-state index contributed by atoms with van der Waals surface area (Å²) in [4.78, 5) is 11.5. The molecule has 2 N–H and O–H groups in total. The number of unbranched alkanes of at least 4 members (excludes halogenated alkanes) is 4. The fraction of sp³-hybridized carbons (Fsp3) is 0.750. The Morgan fingerprint density at radius 3 is 2.58 bits per heavy atom. The number of ether oxygens (including phenoxy) is 2. The Morgan fingerprint density at radius 2 is 1.85 bits per heavy atom. The van der Waals surface area contributed by atoms with Gasteiger partial charge in [-0.05, 0) is 103 Å². The molecule has 0 spiro atoms. The number of carboxylic acids is 1. The molecule has 1 aliphatic carbocycles. The number of hydrogen-bond donors (Lipinski definition) is 2. The number of rotatable bonds is 15. The zero-order valence-electron chi connectivity index (χ0n) is 20.8. The van der Waals surface area contributed by atoms with Crippen LogP contribution in [0.3, 0.4) is 0 Å². The fourth-order valence-electron chi connectivity index (χ4n) is 4.76. The summed E-state index contributed by atoms with van der Waals surface area (Å²) in [6.45, 7) is 4.95. The maximum absolute atomic E-state index is 11.5. The van der Waals surface area contributed by atoms with Crippen molar-refractivity contribution < 1.29 is 24.5 Å². The van der Waals surface area contributed by atoms with Crippen LogP contribution in [0.2, 0.25) is 0 Å². The predicted molar refractivity (Wildman–Crippen MR) is 133 cm³/mol. The van der Waals surface area contributed by atoms with Gasteiger partial charge in [0.15, 0.2) is 12.4 Å². The van der Waals surface area contributed by atoms with Crippen molar-refractivity contribution in [3.05, 3.63) is 36.0 Å². The third-order valence-electron chi connectivity index (χ3n) is 6.75. The Kier molecular flexibility index (Phi) is 13.7. The Hall–Kier alpha value is -1.43. The normalized spacial score (nSPS) is 26.8. The van der Waals surface area contributed by atoms with Crippen molar-refractivity contribution in [1.29, 1.82) is 0 Å². The van der Waals surface area contributed by atoms with Gasteiger partial charge in [-0.3, -0.25) is 0 Å². The van der Waals surface area contributed by atoms with E-state index in [9.17, 15) is 15.0 Å². The van der Waals surface area contributed by atoms with E-state index < -0.39 is 12.1 Å². The molecule has 1 aliphatic heterocycles. The Labute approximate surface area is 200 Å². The van der Waals surface area contributed by atoms with Crippen LogP contribution in [0.1, 0.15) is 97.3 Å². The van der Waals surface area contributed by atoms with E-state index in [2.05, 4.69) is 38.2 Å². The lowest BCUT2D eigenvalue weighted by molar-refractivity contribution is -0.201. The molecule has 0 aromatic rings. The molecule has 33 heavy (non-hydrogen) atoms. The van der Waals surface area contributed by atoms with Gasteiger partial charge < -0.3 is 19.7 Å². The molecule has 1 saturated heterocycles. The molecular weight excluding hydrogens is 416 g/mol. The minimum Gasteiger partial charge on any atom is -0.479 e. The lowest BCUT2D eigenvalue weighted by Crippen LogP contribution is -2.32. The van der Waals surface area contributed by atoms with Crippen LogP contribution in [0.15, 0.2) is 36.0 Å². The zero-order chi connectivity index (χ0) is 23.9. The maximum Gasteiger partial charge on any atom is 0.332 e. The molecule has 2 fully saturated rings. The lowest BCUT2D eigenvalue weighted by Gasteiger charge is -2.25. The minimum absolute atomic E-state index is 0.244. The zero-order valence-corrected chi connectivity index (χ0v) is 20.8. The second-order valence-electron chi connectivity index (χ2n) is 9.86. The van der Waals surface area contributed by atoms with E-state index in [0.29, 0.717) is 25.4 Å². The van der Waals surface area contributed by atoms with Gasteiger partial charge in [-0.15, -0.1) is 0 Å². The summed E-state index contributed by atoms with van der Waals surface area (Å²) >= 11 is 0. The van der Waals surface area contributed by atoms with Gasteiger partial charge in [-0.25, -0.2) is 4.79 Å². The molecule has 5 atom stereocenters. The molecule has 188 valence electrons. The van der Waals surface area contributed by atoms with Crippen LogP contribution in [-0.4, -0.2) is 41.3 Å². The minimum atomic E-state index is -0.925. The van der Waals surface area contributed by atoms with Gasteiger partial charge in [0, 0.05) is 6.61 Å². The molecule has 2 rings (SSSR count). The van der Waals surface area contributed by atoms with Crippen LogP contribution in [-0.2, 0) is 14.3 Å². The Morgan fingerprint density at radius 1 is 1.03 bits per heavy atom. The van der Waals surface area contributed by atoms with E-state index in [-0.39, 0.29) is 18.3 Å². The highest BCUT2D eigenvalue weighted by molar-refractivity contribution is 5.72. The summed E-state index contributed by atoms with van der Waals surface area (Å²) in [5.74, 6) is -0.225. The number of aliphatic carboxylic acids is 1. The average Bonchev–Trinajstić information content (AvgIpc) is 3.14. The highest BCUT2D eigenvalue weighted by Crippen LogP contribution is 2.36. The molecule has 0 radical (unpaired) electrons. The van der Waals surface area contributed by atoms with Crippen molar-refractivity contribution in [2.75, 3.05) is 6.61 Å². The van der Waals surface area contributed by atoms with E-state index in [0.717, 1.165) is 44.9 Å². The number of carboxylic acid groups (broad SMARTS) is 1. The van der Waals surface area contributed by atoms with E-state index in [1.54, 1.807) is 0 Å². The summed E-state index contributed by atoms with van der Waals surface area (Å²) in [5, 5.41) is 19.9. The highest BCUT2D eigenvalue weighted by Gasteiger charge is 2.32. The molecule has 0 aromatic heterocycles. The molecule has 1 heterocycles. The van der Waals surface area contributed by atoms with Gasteiger partial charge in [0.2, 0.25) is 0 Å². The number of allylic oxidation sites excluding steroid dienone is 6. The van der Waals surface area contributed by atoms with E-state index in [4.69, 9.17) is 9.47 Å². The number of carbonyl (C=O) groups is 1. The van der Waals surface area contributed by atoms with Gasteiger partial charge in [0.25, 0.3) is 0 Å². The van der Waals surface area contributed by atoms with Crippen molar-refractivity contribution in [3.63, 3.8) is 0 Å². The topological polar surface area (TPSA) is 76.0 Å². The van der Waals surface area contributed by atoms with Gasteiger partial charge in [0.1, 0.15) is 0 Å². The van der Waals surface area contributed by atoms with Gasteiger partial charge in [-0.2, -0.15) is 0 Å². The first kappa shape index (κ1) is 27.8. The molecule has 5 nitrogen and oxygen atoms in total. The summed E-state index contributed by atoms with van der Waals surface area (Å²) < 4.78 is 11.2. The van der Waals surface area contributed by atoms with Crippen molar-refractivity contribution in [1.82, 2.24) is 0 Å². The van der Waals surface area contributed by atoms with Crippen molar-refractivity contribution in [2.45, 2.75) is 116 Å². The molecule has 0 amide bonds. The van der Waals surface area contributed by atoms with Gasteiger partial charge >= 0.3 is 5.97 Å². The van der Waals surface area contributed by atoms with Crippen LogP contribution >= 0.6 is 0 Å². The molecular formula is C28H46O5. The van der Waals surface area contributed by atoms with Crippen LogP contribution in [0, 0.1) is 11.8 Å². The predicted octanol–water partition coefficient (Wildman–Crippen LogP) is 6.57. The smallest absolute Gasteiger partial charge is 0.332 e. The van der Waals surface area contributed by atoms with Crippen molar-refractivity contribution >= 4 is 5.97 Å². The van der Waals surface area contributed by atoms with Crippen LogP contribution < -0.4 is 0 Å². The second-order valence-corrected chi connectivity index (χ2v) is 9.86. The van der Waals surface area contributed by atoms with Crippen molar-refractivity contribution in [3.8, 4) is 0 Å². The molecule has 1 saturated carbocycles. The van der Waals surface area contributed by atoms with Crippen molar-refractivity contribution in [2.24, 2.45) is 11.8 Å². The van der Waals surface area contributed by atoms with Crippen LogP contribution in [0.25, 0.3) is 0 Å². The summed E-state index contributed by atoms with van der Waals surface area (Å²) in [6.07, 6.45) is 22.3. The first-order valence-electron chi connectivity index (χ1n) is 13.1. The maximum atomic E-state index is 11.5. The number of aliphatic hydroxyl groups excluding tert-OH is 1. The third kappa shape index (κ3) is 11.5. The highest BCUT2D eigenvalue weighted by atomic mass is 16.7.